The predicted octanol–water partition coefficient (Wildman–Crippen LogP) is 3.58. The van der Waals surface area contributed by atoms with Gasteiger partial charge in [0.1, 0.15) is 22.3 Å². The third-order valence-electron chi connectivity index (χ3n) is 5.00. The number of amidine groups is 1. The second kappa shape index (κ2) is 6.89. The van der Waals surface area contributed by atoms with Crippen LogP contribution in [0.25, 0.3) is 0 Å². The maximum Gasteiger partial charge on any atom is 0.286 e. The molecule has 0 aliphatic carbocycles. The number of furan rings is 1. The highest BCUT2D eigenvalue weighted by molar-refractivity contribution is 7.90. The summed E-state index contributed by atoms with van der Waals surface area (Å²) in [7, 11) is -3.65. The molecule has 1 saturated heterocycles. The van der Waals surface area contributed by atoms with Crippen molar-refractivity contribution in [2.75, 3.05) is 18.4 Å². The first-order valence-electron chi connectivity index (χ1n) is 9.09. The molecule has 0 saturated carbocycles. The van der Waals surface area contributed by atoms with Crippen LogP contribution in [0.4, 0.5) is 5.69 Å². The van der Waals surface area contributed by atoms with Crippen LogP contribution in [-0.4, -0.2) is 32.2 Å². The van der Waals surface area contributed by atoms with E-state index in [-0.39, 0.29) is 10.9 Å². The largest absolute Gasteiger partial charge is 0.464 e. The Hall–Kier alpha value is -2.12. The van der Waals surface area contributed by atoms with Crippen molar-refractivity contribution in [3.63, 3.8) is 0 Å². The molecule has 0 radical (unpaired) electrons. The van der Waals surface area contributed by atoms with E-state index in [0.29, 0.717) is 18.1 Å². The summed E-state index contributed by atoms with van der Waals surface area (Å²) in [6.07, 6.45) is 4.11. The number of hydrogen-bond donors (Lipinski definition) is 1. The summed E-state index contributed by atoms with van der Waals surface area (Å²) in [6.45, 7) is 3.43. The van der Waals surface area contributed by atoms with Gasteiger partial charge in [0.25, 0.3) is 10.0 Å². The van der Waals surface area contributed by atoms with Gasteiger partial charge in [0.05, 0.1) is 18.3 Å². The second-order valence-corrected chi connectivity index (χ2v) is 8.35. The van der Waals surface area contributed by atoms with Gasteiger partial charge in [-0.2, -0.15) is 8.42 Å². The van der Waals surface area contributed by atoms with E-state index in [0.717, 1.165) is 43.7 Å². The van der Waals surface area contributed by atoms with Crippen molar-refractivity contribution in [3.05, 3.63) is 47.9 Å². The van der Waals surface area contributed by atoms with Gasteiger partial charge in [0.15, 0.2) is 0 Å². The molecule has 6 nitrogen and oxygen atoms in total. The minimum absolute atomic E-state index is 0.161. The van der Waals surface area contributed by atoms with Gasteiger partial charge in [0, 0.05) is 6.42 Å². The van der Waals surface area contributed by atoms with Crippen LogP contribution in [0.2, 0.25) is 0 Å². The molecular formula is C19H23N3O3S. The third kappa shape index (κ3) is 3.29. The number of para-hydroxylation sites is 1. The Kier molecular flexibility index (Phi) is 4.58. The molecule has 7 heteroatoms. The van der Waals surface area contributed by atoms with Crippen molar-refractivity contribution in [1.82, 2.24) is 4.90 Å². The Bertz CT molecular complexity index is 933. The van der Waals surface area contributed by atoms with E-state index in [2.05, 4.69) is 21.5 Å². The molecule has 0 amide bonds. The van der Waals surface area contributed by atoms with Crippen LogP contribution >= 0.6 is 0 Å². The Morgan fingerprint density at radius 3 is 2.88 bits per heavy atom. The lowest BCUT2D eigenvalue weighted by molar-refractivity contribution is 0.149. The van der Waals surface area contributed by atoms with Gasteiger partial charge in [-0.15, -0.1) is 4.40 Å². The van der Waals surface area contributed by atoms with Crippen LogP contribution in [0.3, 0.4) is 0 Å². The first-order valence-corrected chi connectivity index (χ1v) is 10.5. The number of rotatable bonds is 4. The zero-order valence-electron chi connectivity index (χ0n) is 14.8. The van der Waals surface area contributed by atoms with Crippen LogP contribution in [0.1, 0.15) is 43.7 Å². The molecule has 1 N–H and O–H groups in total. The highest BCUT2D eigenvalue weighted by Gasteiger charge is 2.30. The zero-order chi connectivity index (χ0) is 18.1. The van der Waals surface area contributed by atoms with Crippen molar-refractivity contribution in [2.24, 2.45) is 4.40 Å². The van der Waals surface area contributed by atoms with Crippen molar-refractivity contribution in [3.8, 4) is 0 Å². The van der Waals surface area contributed by atoms with E-state index in [1.807, 2.05) is 18.2 Å². The molecule has 0 spiro atoms. The highest BCUT2D eigenvalue weighted by atomic mass is 32.2. The fourth-order valence-electron chi connectivity index (χ4n) is 3.69. The van der Waals surface area contributed by atoms with Crippen molar-refractivity contribution < 1.29 is 12.8 Å². The van der Waals surface area contributed by atoms with E-state index in [9.17, 15) is 8.42 Å². The summed E-state index contributed by atoms with van der Waals surface area (Å²) in [5.41, 5.74) is 0.595. The lowest BCUT2D eigenvalue weighted by atomic mass is 10.00. The number of benzene rings is 1. The van der Waals surface area contributed by atoms with Gasteiger partial charge < -0.3 is 9.73 Å². The molecular weight excluding hydrogens is 350 g/mol. The molecule has 138 valence electrons. The minimum Gasteiger partial charge on any atom is -0.464 e. The summed E-state index contributed by atoms with van der Waals surface area (Å²) < 4.78 is 34.9. The molecule has 4 rings (SSSR count). The quantitative estimate of drug-likeness (QED) is 0.887. The van der Waals surface area contributed by atoms with Gasteiger partial charge in [-0.3, -0.25) is 4.90 Å². The van der Waals surface area contributed by atoms with Crippen molar-refractivity contribution in [2.45, 2.75) is 43.5 Å². The monoisotopic (exact) mass is 373 g/mol. The molecule has 1 fully saturated rings. The SMILES string of the molecule is CCc1ccc(C2CCCCN2CC2=NS(=O)(=O)c3ccccc3N2)o1. The average molecular weight is 373 g/mol. The number of piperidine rings is 1. The highest BCUT2D eigenvalue weighted by Crippen LogP contribution is 2.33. The Balaban J connectivity index is 1.58. The van der Waals surface area contributed by atoms with E-state index in [4.69, 9.17) is 4.42 Å². The number of sulfonamides is 1. The average Bonchev–Trinajstić information content (AvgIpc) is 3.11. The second-order valence-electron chi connectivity index (χ2n) is 6.77. The first-order chi connectivity index (χ1) is 12.6. The topological polar surface area (TPSA) is 74.9 Å². The van der Waals surface area contributed by atoms with E-state index in [1.165, 1.54) is 0 Å². The summed E-state index contributed by atoms with van der Waals surface area (Å²) in [6, 6.07) is 11.1. The van der Waals surface area contributed by atoms with Gasteiger partial charge in [-0.25, -0.2) is 0 Å². The molecule has 1 aromatic carbocycles. The molecule has 2 aliphatic rings. The molecule has 26 heavy (non-hydrogen) atoms. The van der Waals surface area contributed by atoms with Gasteiger partial charge in [-0.1, -0.05) is 25.5 Å². The predicted molar refractivity (Wildman–Crippen MR) is 101 cm³/mol. The number of fused-ring (bicyclic) bond motifs is 1. The molecule has 1 atom stereocenters. The number of aryl methyl sites for hydroxylation is 1. The lowest BCUT2D eigenvalue weighted by Gasteiger charge is -2.35. The van der Waals surface area contributed by atoms with Crippen LogP contribution in [0.5, 0.6) is 0 Å². The zero-order valence-corrected chi connectivity index (χ0v) is 15.6. The summed E-state index contributed by atoms with van der Waals surface area (Å²) in [5, 5.41) is 3.19. The number of nitrogens with zero attached hydrogens (tertiary/aromatic N) is 2. The Morgan fingerprint density at radius 2 is 2.08 bits per heavy atom. The van der Waals surface area contributed by atoms with Crippen LogP contribution in [0, 0.1) is 0 Å². The summed E-state index contributed by atoms with van der Waals surface area (Å²) in [4.78, 5) is 2.49. The number of anilines is 1. The Morgan fingerprint density at radius 1 is 1.23 bits per heavy atom. The number of hydrogen-bond acceptors (Lipinski definition) is 5. The van der Waals surface area contributed by atoms with E-state index >= 15 is 0 Å². The number of likely N-dealkylation sites (tertiary alicyclic amines) is 1. The van der Waals surface area contributed by atoms with E-state index in [1.54, 1.807) is 18.2 Å². The molecule has 2 aliphatic heterocycles. The molecule has 1 unspecified atom stereocenters. The Labute approximate surface area is 154 Å². The van der Waals surface area contributed by atoms with Crippen LogP contribution < -0.4 is 5.32 Å². The maximum atomic E-state index is 12.5. The first kappa shape index (κ1) is 17.3. The van der Waals surface area contributed by atoms with Crippen LogP contribution in [0.15, 0.2) is 50.1 Å². The number of nitrogens with one attached hydrogen (secondary N) is 1. The van der Waals surface area contributed by atoms with Crippen molar-refractivity contribution >= 4 is 21.5 Å². The molecule has 1 aromatic heterocycles. The molecule has 0 bridgehead atoms. The summed E-state index contributed by atoms with van der Waals surface area (Å²) >= 11 is 0. The van der Waals surface area contributed by atoms with Crippen LogP contribution in [-0.2, 0) is 16.4 Å². The van der Waals surface area contributed by atoms with Crippen molar-refractivity contribution in [1.29, 1.82) is 0 Å². The minimum atomic E-state index is -3.65. The van der Waals surface area contributed by atoms with E-state index < -0.39 is 10.0 Å². The fourth-order valence-corrected chi connectivity index (χ4v) is 4.83. The third-order valence-corrected chi connectivity index (χ3v) is 6.37. The summed E-state index contributed by atoms with van der Waals surface area (Å²) in [5.74, 6) is 2.41. The van der Waals surface area contributed by atoms with Gasteiger partial charge >= 0.3 is 0 Å². The maximum absolute atomic E-state index is 12.5. The molecule has 3 heterocycles. The molecule has 2 aromatic rings. The normalized spacial score (nSPS) is 22.3. The lowest BCUT2D eigenvalue weighted by Crippen LogP contribution is -2.40. The van der Waals surface area contributed by atoms with Gasteiger partial charge in [0.2, 0.25) is 0 Å². The fraction of sp³-hybridized carbons (Fsp3) is 0.421. The van der Waals surface area contributed by atoms with Gasteiger partial charge in [-0.05, 0) is 43.7 Å². The standard InChI is InChI=1S/C19H23N3O3S/c1-2-14-10-11-17(25-14)16-8-5-6-12-22(16)13-19-20-15-7-3-4-9-18(15)26(23,24)21-19/h3-4,7,9-11,16H,2,5-6,8,12-13H2,1H3,(H,20,21). The smallest absolute Gasteiger partial charge is 0.286 e.